The van der Waals surface area contributed by atoms with Crippen molar-refractivity contribution in [1.82, 2.24) is 9.62 Å². The Kier molecular flexibility index (Phi) is 4.44. The Bertz CT molecular complexity index is 505. The standard InChI is InChI=1S/C13H20N2O3S/c1-15-9-7-11(8-10-15)14-19(16,17)13-5-3-12(18-2)4-6-13/h3-6,11,14H,7-10H2,1-2H3. The second kappa shape index (κ2) is 5.90. The second-order valence-corrected chi connectivity index (χ2v) is 6.59. The van der Waals surface area contributed by atoms with Gasteiger partial charge in [0, 0.05) is 6.04 Å². The summed E-state index contributed by atoms with van der Waals surface area (Å²) >= 11 is 0. The molecule has 0 saturated carbocycles. The first-order valence-electron chi connectivity index (χ1n) is 6.36. The van der Waals surface area contributed by atoms with Crippen LogP contribution in [0, 0.1) is 0 Å². The molecular formula is C13H20N2O3S. The Labute approximate surface area is 114 Å². The van der Waals surface area contributed by atoms with E-state index in [-0.39, 0.29) is 10.9 Å². The van der Waals surface area contributed by atoms with Crippen molar-refractivity contribution in [3.63, 3.8) is 0 Å². The molecule has 0 radical (unpaired) electrons. The Morgan fingerprint density at radius 3 is 2.32 bits per heavy atom. The maximum Gasteiger partial charge on any atom is 0.240 e. The Morgan fingerprint density at radius 2 is 1.79 bits per heavy atom. The minimum atomic E-state index is -3.43. The molecule has 0 amide bonds. The summed E-state index contributed by atoms with van der Waals surface area (Å²) in [6, 6.07) is 6.47. The van der Waals surface area contributed by atoms with Gasteiger partial charge in [-0.15, -0.1) is 0 Å². The van der Waals surface area contributed by atoms with Crippen molar-refractivity contribution in [2.75, 3.05) is 27.2 Å². The van der Waals surface area contributed by atoms with Gasteiger partial charge in [-0.25, -0.2) is 13.1 Å². The predicted octanol–water partition coefficient (Wildman–Crippen LogP) is 1.07. The van der Waals surface area contributed by atoms with Crippen LogP contribution in [0.3, 0.4) is 0 Å². The third-order valence-corrected chi connectivity index (χ3v) is 4.95. The number of nitrogens with zero attached hydrogens (tertiary/aromatic N) is 1. The van der Waals surface area contributed by atoms with Gasteiger partial charge in [0.25, 0.3) is 0 Å². The number of hydrogen-bond acceptors (Lipinski definition) is 4. The molecule has 19 heavy (non-hydrogen) atoms. The fraction of sp³-hybridized carbons (Fsp3) is 0.538. The van der Waals surface area contributed by atoms with E-state index in [2.05, 4.69) is 9.62 Å². The molecule has 0 aliphatic carbocycles. The van der Waals surface area contributed by atoms with Crippen LogP contribution in [0.1, 0.15) is 12.8 Å². The lowest BCUT2D eigenvalue weighted by molar-refractivity contribution is 0.248. The number of ether oxygens (including phenoxy) is 1. The van der Waals surface area contributed by atoms with Gasteiger partial charge in [-0.1, -0.05) is 0 Å². The first-order chi connectivity index (χ1) is 9.01. The molecule has 2 rings (SSSR count). The van der Waals surface area contributed by atoms with Crippen LogP contribution in [0.25, 0.3) is 0 Å². The highest BCUT2D eigenvalue weighted by molar-refractivity contribution is 7.89. The maximum atomic E-state index is 12.2. The van der Waals surface area contributed by atoms with Gasteiger partial charge >= 0.3 is 0 Å². The summed E-state index contributed by atoms with van der Waals surface area (Å²) in [5, 5.41) is 0. The van der Waals surface area contributed by atoms with E-state index in [0.717, 1.165) is 25.9 Å². The summed E-state index contributed by atoms with van der Waals surface area (Å²) in [6.07, 6.45) is 1.71. The van der Waals surface area contributed by atoms with E-state index in [1.54, 1.807) is 31.4 Å². The molecule has 1 aliphatic heterocycles. The topological polar surface area (TPSA) is 58.6 Å². The number of likely N-dealkylation sites (tertiary alicyclic amines) is 1. The normalized spacial score (nSPS) is 18.4. The number of methoxy groups -OCH3 is 1. The number of hydrogen-bond donors (Lipinski definition) is 1. The van der Waals surface area contributed by atoms with Crippen molar-refractivity contribution in [3.8, 4) is 5.75 Å². The number of sulfonamides is 1. The molecule has 5 nitrogen and oxygen atoms in total. The average molecular weight is 284 g/mol. The minimum Gasteiger partial charge on any atom is -0.497 e. The van der Waals surface area contributed by atoms with Crippen LogP contribution in [0.2, 0.25) is 0 Å². The molecule has 1 fully saturated rings. The fourth-order valence-corrected chi connectivity index (χ4v) is 3.47. The van der Waals surface area contributed by atoms with E-state index in [0.29, 0.717) is 5.75 Å². The van der Waals surface area contributed by atoms with Gasteiger partial charge in [-0.05, 0) is 57.2 Å². The van der Waals surface area contributed by atoms with Gasteiger partial charge < -0.3 is 9.64 Å². The molecule has 0 unspecified atom stereocenters. The van der Waals surface area contributed by atoms with Crippen molar-refractivity contribution < 1.29 is 13.2 Å². The average Bonchev–Trinajstić information content (AvgIpc) is 2.41. The van der Waals surface area contributed by atoms with Crippen molar-refractivity contribution in [2.45, 2.75) is 23.8 Å². The molecule has 1 heterocycles. The Balaban J connectivity index is 2.05. The minimum absolute atomic E-state index is 0.0308. The van der Waals surface area contributed by atoms with Crippen LogP contribution in [0.5, 0.6) is 5.75 Å². The summed E-state index contributed by atoms with van der Waals surface area (Å²) in [4.78, 5) is 2.49. The SMILES string of the molecule is COc1ccc(S(=O)(=O)NC2CCN(C)CC2)cc1. The van der Waals surface area contributed by atoms with Crippen LogP contribution >= 0.6 is 0 Å². The number of benzene rings is 1. The lowest BCUT2D eigenvalue weighted by Crippen LogP contribution is -2.43. The lowest BCUT2D eigenvalue weighted by Gasteiger charge is -2.29. The van der Waals surface area contributed by atoms with E-state index in [1.807, 2.05) is 7.05 Å². The summed E-state index contributed by atoms with van der Waals surface area (Å²) in [5.41, 5.74) is 0. The third-order valence-electron chi connectivity index (χ3n) is 3.41. The zero-order chi connectivity index (χ0) is 13.9. The zero-order valence-electron chi connectivity index (χ0n) is 11.3. The monoisotopic (exact) mass is 284 g/mol. The van der Waals surface area contributed by atoms with Crippen molar-refractivity contribution >= 4 is 10.0 Å². The van der Waals surface area contributed by atoms with Gasteiger partial charge in [0.05, 0.1) is 12.0 Å². The quantitative estimate of drug-likeness (QED) is 0.898. The molecular weight excluding hydrogens is 264 g/mol. The van der Waals surface area contributed by atoms with Crippen molar-refractivity contribution in [2.24, 2.45) is 0 Å². The summed E-state index contributed by atoms with van der Waals surface area (Å²) in [6.45, 7) is 1.85. The first kappa shape index (κ1) is 14.3. The van der Waals surface area contributed by atoms with E-state index in [1.165, 1.54) is 0 Å². The second-order valence-electron chi connectivity index (χ2n) is 4.87. The highest BCUT2D eigenvalue weighted by Gasteiger charge is 2.23. The lowest BCUT2D eigenvalue weighted by atomic mass is 10.1. The smallest absolute Gasteiger partial charge is 0.240 e. The van der Waals surface area contributed by atoms with Gasteiger partial charge in [-0.3, -0.25) is 0 Å². The van der Waals surface area contributed by atoms with Crippen LogP contribution in [-0.2, 0) is 10.0 Å². The van der Waals surface area contributed by atoms with Gasteiger partial charge in [-0.2, -0.15) is 0 Å². The molecule has 1 aromatic carbocycles. The fourth-order valence-electron chi connectivity index (χ4n) is 2.17. The van der Waals surface area contributed by atoms with Crippen LogP contribution in [0.4, 0.5) is 0 Å². The zero-order valence-corrected chi connectivity index (χ0v) is 12.1. The highest BCUT2D eigenvalue weighted by Crippen LogP contribution is 2.17. The largest absolute Gasteiger partial charge is 0.497 e. The summed E-state index contributed by atoms with van der Waals surface area (Å²) < 4.78 is 32.2. The summed E-state index contributed by atoms with van der Waals surface area (Å²) in [7, 11) is 0.179. The Morgan fingerprint density at radius 1 is 1.21 bits per heavy atom. The van der Waals surface area contributed by atoms with E-state index < -0.39 is 10.0 Å². The number of rotatable bonds is 4. The third kappa shape index (κ3) is 3.68. The molecule has 1 N–H and O–H groups in total. The van der Waals surface area contributed by atoms with E-state index in [4.69, 9.17) is 4.74 Å². The van der Waals surface area contributed by atoms with Gasteiger partial charge in [0.1, 0.15) is 5.75 Å². The molecule has 0 aromatic heterocycles. The molecule has 0 bridgehead atoms. The Hall–Kier alpha value is -1.11. The van der Waals surface area contributed by atoms with Crippen molar-refractivity contribution in [1.29, 1.82) is 0 Å². The summed E-state index contributed by atoms with van der Waals surface area (Å²) in [5.74, 6) is 0.651. The van der Waals surface area contributed by atoms with Crippen LogP contribution in [0.15, 0.2) is 29.2 Å². The van der Waals surface area contributed by atoms with Crippen LogP contribution < -0.4 is 9.46 Å². The van der Waals surface area contributed by atoms with Crippen molar-refractivity contribution in [3.05, 3.63) is 24.3 Å². The predicted molar refractivity (Wildman–Crippen MR) is 73.8 cm³/mol. The molecule has 6 heteroatoms. The molecule has 0 atom stereocenters. The van der Waals surface area contributed by atoms with Gasteiger partial charge in [0.2, 0.25) is 10.0 Å². The maximum absolute atomic E-state index is 12.2. The van der Waals surface area contributed by atoms with E-state index >= 15 is 0 Å². The molecule has 1 saturated heterocycles. The molecule has 0 spiro atoms. The number of piperidine rings is 1. The highest BCUT2D eigenvalue weighted by atomic mass is 32.2. The number of nitrogens with one attached hydrogen (secondary N) is 1. The molecule has 1 aromatic rings. The molecule has 1 aliphatic rings. The van der Waals surface area contributed by atoms with Crippen LogP contribution in [-0.4, -0.2) is 46.6 Å². The van der Waals surface area contributed by atoms with Gasteiger partial charge in [0.15, 0.2) is 0 Å². The molecule has 106 valence electrons. The van der Waals surface area contributed by atoms with E-state index in [9.17, 15) is 8.42 Å². The first-order valence-corrected chi connectivity index (χ1v) is 7.84.